The minimum atomic E-state index is 0.109. The van der Waals surface area contributed by atoms with Crippen LogP contribution in [0.3, 0.4) is 0 Å². The number of nitrogens with one attached hydrogen (secondary N) is 2. The van der Waals surface area contributed by atoms with E-state index < -0.39 is 0 Å². The molecule has 1 aliphatic carbocycles. The highest BCUT2D eigenvalue weighted by Gasteiger charge is 2.36. The van der Waals surface area contributed by atoms with Crippen LogP contribution in [-0.2, 0) is 11.3 Å². The lowest BCUT2D eigenvalue weighted by atomic mass is 10.2. The maximum absolute atomic E-state index is 11.5. The summed E-state index contributed by atoms with van der Waals surface area (Å²) in [6, 6.07) is 4.12. The van der Waals surface area contributed by atoms with Crippen LogP contribution >= 0.6 is 0 Å². The fraction of sp³-hybridized carbons (Fsp3) is 0.688. The summed E-state index contributed by atoms with van der Waals surface area (Å²) in [5.74, 6) is 4.08. The van der Waals surface area contributed by atoms with Crippen LogP contribution in [0.15, 0.2) is 16.5 Å². The molecule has 112 valence electrons. The van der Waals surface area contributed by atoms with Crippen LogP contribution in [0.1, 0.15) is 51.1 Å². The molecule has 2 unspecified atom stereocenters. The van der Waals surface area contributed by atoms with E-state index in [4.69, 9.17) is 4.42 Å². The number of carbonyl (C=O) groups is 1. The first-order chi connectivity index (χ1) is 9.56. The molecule has 1 saturated carbocycles. The average molecular weight is 278 g/mol. The summed E-state index contributed by atoms with van der Waals surface area (Å²) >= 11 is 0. The number of hydrogen-bond acceptors (Lipinski definition) is 3. The van der Waals surface area contributed by atoms with Crippen LogP contribution in [0.2, 0.25) is 0 Å². The van der Waals surface area contributed by atoms with E-state index >= 15 is 0 Å². The van der Waals surface area contributed by atoms with Crippen molar-refractivity contribution in [3.05, 3.63) is 23.7 Å². The second-order valence-corrected chi connectivity index (χ2v) is 6.25. The molecule has 1 heterocycles. The number of carbonyl (C=O) groups excluding carboxylic acids is 1. The number of amides is 1. The van der Waals surface area contributed by atoms with Crippen molar-refractivity contribution in [3.63, 3.8) is 0 Å². The van der Waals surface area contributed by atoms with Crippen LogP contribution < -0.4 is 10.6 Å². The summed E-state index contributed by atoms with van der Waals surface area (Å²) < 4.78 is 5.80. The molecule has 4 heteroatoms. The zero-order valence-corrected chi connectivity index (χ0v) is 12.7. The number of furan rings is 1. The Kier molecular flexibility index (Phi) is 5.24. The molecule has 4 nitrogen and oxygen atoms in total. The van der Waals surface area contributed by atoms with Crippen LogP contribution in [0.4, 0.5) is 0 Å². The summed E-state index contributed by atoms with van der Waals surface area (Å²) in [7, 11) is 0. The van der Waals surface area contributed by atoms with E-state index in [1.807, 2.05) is 6.07 Å². The average Bonchev–Trinajstić information content (AvgIpc) is 2.95. The Bertz CT molecular complexity index is 439. The van der Waals surface area contributed by atoms with Crippen molar-refractivity contribution in [3.8, 4) is 0 Å². The molecule has 2 atom stereocenters. The molecule has 2 N–H and O–H groups in total. The summed E-state index contributed by atoms with van der Waals surface area (Å²) in [5.41, 5.74) is 0. The first kappa shape index (κ1) is 15.1. The SMILES string of the molecule is CC(C)CNC(=O)CCNCc1ccc(C2CC2C)o1. The second kappa shape index (κ2) is 6.93. The summed E-state index contributed by atoms with van der Waals surface area (Å²) in [4.78, 5) is 11.5. The molecule has 1 aromatic heterocycles. The first-order valence-corrected chi connectivity index (χ1v) is 7.62. The third-order valence-electron chi connectivity index (χ3n) is 3.69. The molecule has 20 heavy (non-hydrogen) atoms. The van der Waals surface area contributed by atoms with Gasteiger partial charge in [-0.2, -0.15) is 0 Å². The molecule has 1 fully saturated rings. The number of rotatable bonds is 8. The molecule has 2 rings (SSSR count). The maximum atomic E-state index is 11.5. The molecule has 0 spiro atoms. The van der Waals surface area contributed by atoms with Crippen molar-refractivity contribution < 1.29 is 9.21 Å². The van der Waals surface area contributed by atoms with Gasteiger partial charge in [-0.05, 0) is 30.4 Å². The Labute approximate surface area is 121 Å². The highest BCUT2D eigenvalue weighted by Crippen LogP contribution is 2.47. The van der Waals surface area contributed by atoms with Crippen molar-refractivity contribution >= 4 is 5.91 Å². The van der Waals surface area contributed by atoms with Gasteiger partial charge in [0.1, 0.15) is 11.5 Å². The van der Waals surface area contributed by atoms with E-state index in [9.17, 15) is 4.79 Å². The molecular formula is C16H26N2O2. The van der Waals surface area contributed by atoms with Gasteiger partial charge in [0.15, 0.2) is 0 Å². The Morgan fingerprint density at radius 2 is 2.20 bits per heavy atom. The molecule has 0 saturated heterocycles. The van der Waals surface area contributed by atoms with Gasteiger partial charge < -0.3 is 15.1 Å². The fourth-order valence-electron chi connectivity index (χ4n) is 2.23. The standard InChI is InChI=1S/C16H26N2O2/c1-11(2)9-18-16(19)6-7-17-10-13-4-5-15(20-13)14-8-12(14)3/h4-5,11-12,14,17H,6-10H2,1-3H3,(H,18,19). The van der Waals surface area contributed by atoms with E-state index in [1.165, 1.54) is 6.42 Å². The summed E-state index contributed by atoms with van der Waals surface area (Å²) in [6.07, 6.45) is 1.76. The Balaban J connectivity index is 1.59. The Morgan fingerprint density at radius 1 is 1.45 bits per heavy atom. The molecule has 0 radical (unpaired) electrons. The topological polar surface area (TPSA) is 54.3 Å². The Hall–Kier alpha value is -1.29. The van der Waals surface area contributed by atoms with Crippen molar-refractivity contribution in [2.24, 2.45) is 11.8 Å². The smallest absolute Gasteiger partial charge is 0.221 e. The lowest BCUT2D eigenvalue weighted by Gasteiger charge is -2.07. The minimum Gasteiger partial charge on any atom is -0.464 e. The zero-order valence-electron chi connectivity index (χ0n) is 12.7. The van der Waals surface area contributed by atoms with Gasteiger partial charge in [0.2, 0.25) is 5.91 Å². The van der Waals surface area contributed by atoms with E-state index in [-0.39, 0.29) is 5.91 Å². The quantitative estimate of drug-likeness (QED) is 0.719. The van der Waals surface area contributed by atoms with Crippen molar-refractivity contribution in [1.82, 2.24) is 10.6 Å². The predicted molar refractivity (Wildman–Crippen MR) is 79.4 cm³/mol. The molecule has 1 amide bonds. The minimum absolute atomic E-state index is 0.109. The lowest BCUT2D eigenvalue weighted by molar-refractivity contribution is -0.121. The van der Waals surface area contributed by atoms with Gasteiger partial charge in [0.25, 0.3) is 0 Å². The lowest BCUT2D eigenvalue weighted by Crippen LogP contribution is -2.30. The number of hydrogen-bond donors (Lipinski definition) is 2. The van der Waals surface area contributed by atoms with Crippen molar-refractivity contribution in [1.29, 1.82) is 0 Å². The third-order valence-corrected chi connectivity index (χ3v) is 3.69. The third kappa shape index (κ3) is 4.67. The molecule has 1 aromatic rings. The normalized spacial score (nSPS) is 21.2. The monoisotopic (exact) mass is 278 g/mol. The van der Waals surface area contributed by atoms with Gasteiger partial charge >= 0.3 is 0 Å². The van der Waals surface area contributed by atoms with Gasteiger partial charge in [0.05, 0.1) is 6.54 Å². The zero-order chi connectivity index (χ0) is 14.5. The predicted octanol–water partition coefficient (Wildman–Crippen LogP) is 2.65. The van der Waals surface area contributed by atoms with Gasteiger partial charge in [-0.1, -0.05) is 20.8 Å². The van der Waals surface area contributed by atoms with Crippen LogP contribution in [0.25, 0.3) is 0 Å². The molecular weight excluding hydrogens is 252 g/mol. The highest BCUT2D eigenvalue weighted by molar-refractivity contribution is 5.76. The fourth-order valence-corrected chi connectivity index (χ4v) is 2.23. The first-order valence-electron chi connectivity index (χ1n) is 7.62. The summed E-state index contributed by atoms with van der Waals surface area (Å²) in [5, 5.41) is 6.16. The van der Waals surface area contributed by atoms with Crippen LogP contribution in [-0.4, -0.2) is 19.0 Å². The van der Waals surface area contributed by atoms with E-state index in [2.05, 4.69) is 37.5 Å². The van der Waals surface area contributed by atoms with Crippen molar-refractivity contribution in [2.75, 3.05) is 13.1 Å². The second-order valence-electron chi connectivity index (χ2n) is 6.25. The van der Waals surface area contributed by atoms with Gasteiger partial charge in [-0.3, -0.25) is 4.79 Å². The van der Waals surface area contributed by atoms with Crippen molar-refractivity contribution in [2.45, 2.75) is 46.1 Å². The van der Waals surface area contributed by atoms with Gasteiger partial charge in [-0.25, -0.2) is 0 Å². The Morgan fingerprint density at radius 3 is 2.85 bits per heavy atom. The van der Waals surface area contributed by atoms with Crippen LogP contribution in [0, 0.1) is 11.8 Å². The van der Waals surface area contributed by atoms with Crippen LogP contribution in [0.5, 0.6) is 0 Å². The van der Waals surface area contributed by atoms with Gasteiger partial charge in [0, 0.05) is 25.4 Å². The largest absolute Gasteiger partial charge is 0.464 e. The molecule has 0 bridgehead atoms. The molecule has 1 aliphatic rings. The van der Waals surface area contributed by atoms with E-state index in [0.717, 1.165) is 24.0 Å². The highest BCUT2D eigenvalue weighted by atomic mass is 16.3. The van der Waals surface area contributed by atoms with Gasteiger partial charge in [-0.15, -0.1) is 0 Å². The maximum Gasteiger partial charge on any atom is 0.221 e. The molecule has 0 aliphatic heterocycles. The molecule has 0 aromatic carbocycles. The van der Waals surface area contributed by atoms with E-state index in [1.54, 1.807) is 0 Å². The summed E-state index contributed by atoms with van der Waals surface area (Å²) in [6.45, 7) is 8.56. The van der Waals surface area contributed by atoms with E-state index in [0.29, 0.717) is 31.3 Å².